The fraction of sp³-hybridized carbons (Fsp3) is 0.667. The second-order valence-corrected chi connectivity index (χ2v) is 7.02. The summed E-state index contributed by atoms with van der Waals surface area (Å²) in [6.45, 7) is 12.6. The topological polar surface area (TPSA) is 30.5 Å². The van der Waals surface area contributed by atoms with E-state index in [1.807, 2.05) is 26.0 Å². The Balaban J connectivity index is 2.04. The van der Waals surface area contributed by atoms with E-state index < -0.39 is 0 Å². The maximum atomic E-state index is 6.39. The number of ether oxygens (including phenoxy) is 2. The summed E-state index contributed by atoms with van der Waals surface area (Å²) in [5.74, 6) is 1.56. The molecule has 1 aliphatic rings. The van der Waals surface area contributed by atoms with Crippen LogP contribution in [0.15, 0.2) is 24.3 Å². The molecule has 0 radical (unpaired) electrons. The third-order valence-corrected chi connectivity index (χ3v) is 3.72. The minimum Gasteiger partial charge on any atom is -0.491 e. The number of benzene rings is 1. The molecule has 118 valence electrons. The van der Waals surface area contributed by atoms with Crippen molar-refractivity contribution in [3.8, 4) is 5.75 Å². The van der Waals surface area contributed by atoms with Gasteiger partial charge in [0.2, 0.25) is 0 Å². The molecule has 0 bridgehead atoms. The summed E-state index contributed by atoms with van der Waals surface area (Å²) in [5, 5.41) is 3.52. The van der Waals surface area contributed by atoms with Gasteiger partial charge in [0, 0.05) is 13.1 Å². The number of rotatable bonds is 5. The van der Waals surface area contributed by atoms with E-state index in [2.05, 4.69) is 38.2 Å². The normalized spacial score (nSPS) is 26.3. The third kappa shape index (κ3) is 4.72. The summed E-state index contributed by atoms with van der Waals surface area (Å²) in [6, 6.07) is 8.30. The minimum atomic E-state index is -0.0792. The monoisotopic (exact) mass is 291 g/mol. The zero-order chi connectivity index (χ0) is 15.5. The van der Waals surface area contributed by atoms with Gasteiger partial charge in [-0.15, -0.1) is 0 Å². The molecule has 1 aliphatic heterocycles. The van der Waals surface area contributed by atoms with Crippen molar-refractivity contribution in [2.75, 3.05) is 13.1 Å². The molecule has 3 heteroatoms. The lowest BCUT2D eigenvalue weighted by Gasteiger charge is -2.40. The Hall–Kier alpha value is -1.06. The highest BCUT2D eigenvalue weighted by Crippen LogP contribution is 2.32. The lowest BCUT2D eigenvalue weighted by molar-refractivity contribution is -0.117. The molecule has 1 aromatic rings. The van der Waals surface area contributed by atoms with Crippen molar-refractivity contribution in [2.24, 2.45) is 5.92 Å². The van der Waals surface area contributed by atoms with Crippen LogP contribution in [0.2, 0.25) is 0 Å². The summed E-state index contributed by atoms with van der Waals surface area (Å²) < 4.78 is 12.1. The van der Waals surface area contributed by atoms with Gasteiger partial charge in [-0.3, -0.25) is 0 Å². The number of nitrogens with one attached hydrogen (secondary N) is 1. The molecule has 0 spiro atoms. The summed E-state index contributed by atoms with van der Waals surface area (Å²) in [4.78, 5) is 0. The molecule has 0 aliphatic carbocycles. The van der Waals surface area contributed by atoms with E-state index in [1.54, 1.807) is 0 Å². The van der Waals surface area contributed by atoms with Gasteiger partial charge in [-0.25, -0.2) is 0 Å². The predicted molar refractivity (Wildman–Crippen MR) is 86.8 cm³/mol. The third-order valence-electron chi connectivity index (χ3n) is 3.72. The van der Waals surface area contributed by atoms with Crippen molar-refractivity contribution in [1.82, 2.24) is 5.32 Å². The lowest BCUT2D eigenvalue weighted by Crippen LogP contribution is -2.49. The van der Waals surface area contributed by atoms with Crippen LogP contribution in [-0.2, 0) is 4.74 Å². The SMILES string of the molecule is CC(C)CC1(C)CNCC(c2ccc(OC(C)C)cc2)O1. The van der Waals surface area contributed by atoms with Gasteiger partial charge < -0.3 is 14.8 Å². The van der Waals surface area contributed by atoms with Crippen LogP contribution >= 0.6 is 0 Å². The summed E-state index contributed by atoms with van der Waals surface area (Å²) >= 11 is 0. The van der Waals surface area contributed by atoms with Gasteiger partial charge in [0.25, 0.3) is 0 Å². The first kappa shape index (κ1) is 16.3. The van der Waals surface area contributed by atoms with Crippen molar-refractivity contribution in [2.45, 2.75) is 58.8 Å². The first-order valence-corrected chi connectivity index (χ1v) is 8.03. The number of morpholine rings is 1. The van der Waals surface area contributed by atoms with Crippen molar-refractivity contribution in [3.63, 3.8) is 0 Å². The van der Waals surface area contributed by atoms with Crippen LogP contribution in [0.1, 0.15) is 52.7 Å². The van der Waals surface area contributed by atoms with Gasteiger partial charge in [-0.05, 0) is 50.8 Å². The molecule has 1 saturated heterocycles. The van der Waals surface area contributed by atoms with Crippen LogP contribution in [0.5, 0.6) is 5.75 Å². The Morgan fingerprint density at radius 1 is 1.24 bits per heavy atom. The van der Waals surface area contributed by atoms with Crippen LogP contribution in [0.4, 0.5) is 0 Å². The van der Waals surface area contributed by atoms with E-state index in [0.717, 1.165) is 25.3 Å². The quantitative estimate of drug-likeness (QED) is 0.891. The number of hydrogen-bond donors (Lipinski definition) is 1. The maximum Gasteiger partial charge on any atom is 0.119 e. The molecule has 0 aromatic heterocycles. The zero-order valence-corrected chi connectivity index (χ0v) is 14.0. The van der Waals surface area contributed by atoms with Gasteiger partial charge in [0.15, 0.2) is 0 Å². The van der Waals surface area contributed by atoms with Crippen molar-refractivity contribution >= 4 is 0 Å². The van der Waals surface area contributed by atoms with E-state index in [1.165, 1.54) is 5.56 Å². The molecule has 3 nitrogen and oxygen atoms in total. The van der Waals surface area contributed by atoms with Crippen molar-refractivity contribution in [1.29, 1.82) is 0 Å². The molecule has 0 amide bonds. The molecule has 1 heterocycles. The van der Waals surface area contributed by atoms with Crippen LogP contribution in [-0.4, -0.2) is 24.8 Å². The van der Waals surface area contributed by atoms with Crippen LogP contribution in [0, 0.1) is 5.92 Å². The van der Waals surface area contributed by atoms with E-state index in [9.17, 15) is 0 Å². The van der Waals surface area contributed by atoms with Crippen LogP contribution in [0.25, 0.3) is 0 Å². The summed E-state index contributed by atoms with van der Waals surface area (Å²) in [6.07, 6.45) is 1.40. The zero-order valence-electron chi connectivity index (χ0n) is 14.0. The fourth-order valence-electron chi connectivity index (χ4n) is 3.10. The Kier molecular flexibility index (Phi) is 5.28. The lowest BCUT2D eigenvalue weighted by atomic mass is 9.91. The molecular formula is C18H29NO2. The Morgan fingerprint density at radius 2 is 1.90 bits per heavy atom. The molecule has 1 fully saturated rings. The van der Waals surface area contributed by atoms with Gasteiger partial charge in [-0.2, -0.15) is 0 Å². The highest BCUT2D eigenvalue weighted by molar-refractivity contribution is 5.29. The molecule has 2 unspecified atom stereocenters. The van der Waals surface area contributed by atoms with Gasteiger partial charge in [0.05, 0.1) is 17.8 Å². The smallest absolute Gasteiger partial charge is 0.119 e. The Morgan fingerprint density at radius 3 is 2.48 bits per heavy atom. The minimum absolute atomic E-state index is 0.0792. The molecule has 2 atom stereocenters. The first-order chi connectivity index (χ1) is 9.88. The largest absolute Gasteiger partial charge is 0.491 e. The second-order valence-electron chi connectivity index (χ2n) is 7.02. The summed E-state index contributed by atoms with van der Waals surface area (Å²) in [5.41, 5.74) is 1.14. The summed E-state index contributed by atoms with van der Waals surface area (Å²) in [7, 11) is 0. The maximum absolute atomic E-state index is 6.39. The van der Waals surface area contributed by atoms with Gasteiger partial charge in [0.1, 0.15) is 5.75 Å². The first-order valence-electron chi connectivity index (χ1n) is 8.03. The molecule has 21 heavy (non-hydrogen) atoms. The second kappa shape index (κ2) is 6.80. The van der Waals surface area contributed by atoms with E-state index in [0.29, 0.717) is 5.92 Å². The van der Waals surface area contributed by atoms with Gasteiger partial charge >= 0.3 is 0 Å². The Labute approximate surface area is 129 Å². The van der Waals surface area contributed by atoms with Crippen LogP contribution < -0.4 is 10.1 Å². The van der Waals surface area contributed by atoms with Crippen molar-refractivity contribution in [3.05, 3.63) is 29.8 Å². The average Bonchev–Trinajstić information content (AvgIpc) is 2.37. The molecule has 1 N–H and O–H groups in total. The molecule has 2 rings (SSSR count). The average molecular weight is 291 g/mol. The highest BCUT2D eigenvalue weighted by atomic mass is 16.5. The fourth-order valence-corrected chi connectivity index (χ4v) is 3.10. The van der Waals surface area contributed by atoms with E-state index >= 15 is 0 Å². The standard InChI is InChI=1S/C18H29NO2/c1-13(2)10-18(5)12-19-11-17(21-18)15-6-8-16(9-7-15)20-14(3)4/h6-9,13-14,17,19H,10-12H2,1-5H3. The Bertz CT molecular complexity index is 441. The van der Waals surface area contributed by atoms with Crippen LogP contribution in [0.3, 0.4) is 0 Å². The predicted octanol–water partition coefficient (Wildman–Crippen LogP) is 3.94. The molecular weight excluding hydrogens is 262 g/mol. The molecule has 1 aromatic carbocycles. The molecule has 0 saturated carbocycles. The van der Waals surface area contributed by atoms with Crippen molar-refractivity contribution < 1.29 is 9.47 Å². The highest BCUT2D eigenvalue weighted by Gasteiger charge is 2.33. The van der Waals surface area contributed by atoms with Gasteiger partial charge in [-0.1, -0.05) is 26.0 Å². The number of hydrogen-bond acceptors (Lipinski definition) is 3. The van der Waals surface area contributed by atoms with E-state index in [-0.39, 0.29) is 17.8 Å². The van der Waals surface area contributed by atoms with E-state index in [4.69, 9.17) is 9.47 Å².